The molecule has 0 unspecified atom stereocenters. The maximum Gasteiger partial charge on any atom is 0.252 e. The maximum absolute atomic E-state index is 11.8. The highest BCUT2D eigenvalue weighted by atomic mass is 16.1. The minimum absolute atomic E-state index is 0.0728. The van der Waals surface area contributed by atoms with E-state index in [1.807, 2.05) is 26.1 Å². The number of hydrogen-bond donors (Lipinski definition) is 2. The molecule has 0 aliphatic carbocycles. The average Bonchev–Trinajstić information content (AvgIpc) is 2.81. The molecule has 0 aliphatic heterocycles. The van der Waals surface area contributed by atoms with Crippen LogP contribution in [0.15, 0.2) is 24.5 Å². The lowest BCUT2D eigenvalue weighted by Crippen LogP contribution is -2.24. The number of pyridine rings is 1. The van der Waals surface area contributed by atoms with Gasteiger partial charge in [-0.3, -0.25) is 14.9 Å². The van der Waals surface area contributed by atoms with Gasteiger partial charge in [-0.25, -0.2) is 0 Å². The van der Waals surface area contributed by atoms with Crippen LogP contribution in [0.4, 0.5) is 0 Å². The van der Waals surface area contributed by atoms with E-state index in [1.54, 1.807) is 12.3 Å². The molecule has 2 aromatic heterocycles. The smallest absolute Gasteiger partial charge is 0.252 e. The Morgan fingerprint density at radius 2 is 2.16 bits per heavy atom. The van der Waals surface area contributed by atoms with Crippen LogP contribution in [-0.2, 0) is 6.42 Å². The summed E-state index contributed by atoms with van der Waals surface area (Å²) in [7, 11) is 0. The van der Waals surface area contributed by atoms with Crippen molar-refractivity contribution < 1.29 is 4.79 Å². The van der Waals surface area contributed by atoms with Crippen molar-refractivity contribution in [3.05, 3.63) is 47.0 Å². The van der Waals surface area contributed by atoms with Crippen molar-refractivity contribution in [1.29, 1.82) is 0 Å². The van der Waals surface area contributed by atoms with Gasteiger partial charge in [0.05, 0.1) is 11.8 Å². The monoisotopic (exact) mass is 258 g/mol. The van der Waals surface area contributed by atoms with Crippen molar-refractivity contribution in [3.63, 3.8) is 0 Å². The fraction of sp³-hybridized carbons (Fsp3) is 0.357. The SMILES string of the molecule is Cc1ccc(C(=O)NCCCc2cn[nH]c2C)cn1. The average molecular weight is 258 g/mol. The summed E-state index contributed by atoms with van der Waals surface area (Å²) in [4.78, 5) is 15.9. The summed E-state index contributed by atoms with van der Waals surface area (Å²) in [5, 5.41) is 9.77. The maximum atomic E-state index is 11.8. The molecule has 0 bridgehead atoms. The summed E-state index contributed by atoms with van der Waals surface area (Å²) in [6, 6.07) is 3.63. The lowest BCUT2D eigenvalue weighted by atomic mass is 10.1. The highest BCUT2D eigenvalue weighted by Gasteiger charge is 2.05. The van der Waals surface area contributed by atoms with Crippen molar-refractivity contribution in [2.45, 2.75) is 26.7 Å². The molecule has 0 aromatic carbocycles. The van der Waals surface area contributed by atoms with E-state index in [1.165, 1.54) is 5.56 Å². The Kier molecular flexibility index (Phi) is 4.28. The molecule has 0 spiro atoms. The van der Waals surface area contributed by atoms with Gasteiger partial charge >= 0.3 is 0 Å². The number of aromatic nitrogens is 3. The van der Waals surface area contributed by atoms with E-state index < -0.39 is 0 Å². The minimum atomic E-state index is -0.0728. The molecule has 2 heterocycles. The number of aryl methyl sites for hydroxylation is 3. The zero-order valence-electron chi connectivity index (χ0n) is 11.2. The minimum Gasteiger partial charge on any atom is -0.352 e. The molecule has 19 heavy (non-hydrogen) atoms. The zero-order valence-corrected chi connectivity index (χ0v) is 11.2. The second-order valence-electron chi connectivity index (χ2n) is 4.57. The van der Waals surface area contributed by atoms with Gasteiger partial charge < -0.3 is 5.32 Å². The molecule has 0 fully saturated rings. The second-order valence-corrected chi connectivity index (χ2v) is 4.57. The summed E-state index contributed by atoms with van der Waals surface area (Å²) < 4.78 is 0. The Balaban J connectivity index is 1.75. The van der Waals surface area contributed by atoms with Crippen molar-refractivity contribution in [3.8, 4) is 0 Å². The fourth-order valence-corrected chi connectivity index (χ4v) is 1.81. The number of nitrogens with one attached hydrogen (secondary N) is 2. The molecule has 0 aliphatic rings. The van der Waals surface area contributed by atoms with Gasteiger partial charge in [-0.15, -0.1) is 0 Å². The van der Waals surface area contributed by atoms with E-state index in [-0.39, 0.29) is 5.91 Å². The van der Waals surface area contributed by atoms with Gasteiger partial charge in [0, 0.05) is 24.1 Å². The van der Waals surface area contributed by atoms with Crippen LogP contribution in [0.5, 0.6) is 0 Å². The van der Waals surface area contributed by atoms with Crippen LogP contribution in [0.1, 0.15) is 33.7 Å². The van der Waals surface area contributed by atoms with Crippen LogP contribution in [0.25, 0.3) is 0 Å². The summed E-state index contributed by atoms with van der Waals surface area (Å²) in [6.45, 7) is 4.55. The first kappa shape index (κ1) is 13.3. The number of H-pyrrole nitrogens is 1. The molecule has 100 valence electrons. The Labute approximate surface area is 112 Å². The first-order valence-electron chi connectivity index (χ1n) is 6.36. The molecule has 5 nitrogen and oxygen atoms in total. The van der Waals surface area contributed by atoms with Crippen molar-refractivity contribution >= 4 is 5.91 Å². The van der Waals surface area contributed by atoms with Gasteiger partial charge in [-0.2, -0.15) is 5.10 Å². The van der Waals surface area contributed by atoms with E-state index in [9.17, 15) is 4.79 Å². The lowest BCUT2D eigenvalue weighted by molar-refractivity contribution is 0.0953. The molecular weight excluding hydrogens is 240 g/mol. The molecule has 0 radical (unpaired) electrons. The van der Waals surface area contributed by atoms with Crippen molar-refractivity contribution in [1.82, 2.24) is 20.5 Å². The summed E-state index contributed by atoms with van der Waals surface area (Å²) in [5.74, 6) is -0.0728. The van der Waals surface area contributed by atoms with Gasteiger partial charge in [0.2, 0.25) is 0 Å². The summed E-state index contributed by atoms with van der Waals surface area (Å²) in [6.07, 6.45) is 5.24. The number of carbonyl (C=O) groups excluding carboxylic acids is 1. The number of hydrogen-bond acceptors (Lipinski definition) is 3. The van der Waals surface area contributed by atoms with Crippen molar-refractivity contribution in [2.24, 2.45) is 0 Å². The molecule has 0 saturated carbocycles. The number of carbonyl (C=O) groups is 1. The highest BCUT2D eigenvalue weighted by Crippen LogP contribution is 2.05. The van der Waals surface area contributed by atoms with Crippen LogP contribution in [0.2, 0.25) is 0 Å². The predicted molar refractivity (Wildman–Crippen MR) is 73.0 cm³/mol. The Hall–Kier alpha value is -2.17. The van der Waals surface area contributed by atoms with Gasteiger partial charge in [0.25, 0.3) is 5.91 Å². The van der Waals surface area contributed by atoms with Gasteiger partial charge in [-0.1, -0.05) is 0 Å². The first-order chi connectivity index (χ1) is 9.16. The van der Waals surface area contributed by atoms with Gasteiger partial charge in [-0.05, 0) is 44.4 Å². The van der Waals surface area contributed by atoms with Gasteiger partial charge in [0.15, 0.2) is 0 Å². The first-order valence-corrected chi connectivity index (χ1v) is 6.36. The normalized spacial score (nSPS) is 10.4. The predicted octanol–water partition coefficient (Wildman–Crippen LogP) is 1.78. The van der Waals surface area contributed by atoms with E-state index in [0.717, 1.165) is 24.2 Å². The fourth-order valence-electron chi connectivity index (χ4n) is 1.81. The molecule has 0 saturated heterocycles. The van der Waals surface area contributed by atoms with E-state index in [4.69, 9.17) is 0 Å². The molecular formula is C14H18N4O. The van der Waals surface area contributed by atoms with Gasteiger partial charge in [0.1, 0.15) is 0 Å². The third kappa shape index (κ3) is 3.64. The Morgan fingerprint density at radius 3 is 2.79 bits per heavy atom. The van der Waals surface area contributed by atoms with E-state index in [0.29, 0.717) is 12.1 Å². The number of amides is 1. The van der Waals surface area contributed by atoms with Crippen molar-refractivity contribution in [2.75, 3.05) is 6.54 Å². The lowest BCUT2D eigenvalue weighted by Gasteiger charge is -2.05. The molecule has 2 aromatic rings. The Morgan fingerprint density at radius 1 is 1.32 bits per heavy atom. The van der Waals surface area contributed by atoms with E-state index >= 15 is 0 Å². The van der Waals surface area contributed by atoms with Crippen LogP contribution >= 0.6 is 0 Å². The van der Waals surface area contributed by atoms with E-state index in [2.05, 4.69) is 20.5 Å². The largest absolute Gasteiger partial charge is 0.352 e. The van der Waals surface area contributed by atoms with Crippen LogP contribution in [0.3, 0.4) is 0 Å². The third-order valence-electron chi connectivity index (χ3n) is 3.02. The summed E-state index contributed by atoms with van der Waals surface area (Å²) >= 11 is 0. The molecule has 0 atom stereocenters. The quantitative estimate of drug-likeness (QED) is 0.803. The highest BCUT2D eigenvalue weighted by molar-refractivity contribution is 5.93. The third-order valence-corrected chi connectivity index (χ3v) is 3.02. The summed E-state index contributed by atoms with van der Waals surface area (Å²) in [5.41, 5.74) is 3.80. The standard InChI is InChI=1S/C14H18N4O/c1-10-5-6-13(8-16-10)14(19)15-7-3-4-12-9-17-18-11(12)2/h5-6,8-9H,3-4,7H2,1-2H3,(H,15,19)(H,17,18). The number of aromatic amines is 1. The topological polar surface area (TPSA) is 70.7 Å². The second kappa shape index (κ2) is 6.13. The van der Waals surface area contributed by atoms with Crippen LogP contribution in [-0.4, -0.2) is 27.6 Å². The van der Waals surface area contributed by atoms with Crippen LogP contribution in [0, 0.1) is 13.8 Å². The number of nitrogens with zero attached hydrogens (tertiary/aromatic N) is 2. The molecule has 5 heteroatoms. The molecule has 2 N–H and O–H groups in total. The Bertz CT molecular complexity index is 545. The molecule has 2 rings (SSSR count). The number of rotatable bonds is 5. The van der Waals surface area contributed by atoms with Crippen LogP contribution < -0.4 is 5.32 Å². The molecule has 1 amide bonds. The zero-order chi connectivity index (χ0) is 13.7.